The van der Waals surface area contributed by atoms with Crippen LogP contribution in [0.1, 0.15) is 12.8 Å². The Kier molecular flexibility index (Phi) is 4.69. The fraction of sp³-hybridized carbons (Fsp3) is 0.889. The number of hydrazine groups is 1. The van der Waals surface area contributed by atoms with Crippen molar-refractivity contribution in [2.75, 3.05) is 33.9 Å². The zero-order chi connectivity index (χ0) is 10.4. The van der Waals surface area contributed by atoms with Crippen LogP contribution in [0.5, 0.6) is 0 Å². The minimum atomic E-state index is 0.693. The summed E-state index contributed by atoms with van der Waals surface area (Å²) < 4.78 is 5.31. The molecule has 0 saturated carbocycles. The van der Waals surface area contributed by atoms with Gasteiger partial charge in [-0.2, -0.15) is 0 Å². The number of hydrogen-bond donors (Lipinski definition) is 2. The number of rotatable bonds is 2. The average molecular weight is 200 g/mol. The Morgan fingerprint density at radius 1 is 1.57 bits per heavy atom. The fourth-order valence-electron chi connectivity index (χ4n) is 1.75. The van der Waals surface area contributed by atoms with Gasteiger partial charge in [-0.3, -0.25) is 10.4 Å². The van der Waals surface area contributed by atoms with E-state index in [-0.39, 0.29) is 0 Å². The Morgan fingerprint density at radius 3 is 2.71 bits per heavy atom. The Labute approximate surface area is 85.3 Å². The van der Waals surface area contributed by atoms with E-state index in [9.17, 15) is 0 Å². The first kappa shape index (κ1) is 11.3. The first-order chi connectivity index (χ1) is 6.77. The van der Waals surface area contributed by atoms with Crippen molar-refractivity contribution < 1.29 is 4.74 Å². The standard InChI is InChI=1S/C9H20N4O/c1-11-9(12-10)13(2)7-8-3-5-14-6-4-8/h8H,3-7,10H2,1-2H3,(H,11,12). The molecule has 1 aliphatic heterocycles. The Morgan fingerprint density at radius 2 is 2.21 bits per heavy atom. The van der Waals surface area contributed by atoms with Crippen LogP contribution < -0.4 is 11.3 Å². The lowest BCUT2D eigenvalue weighted by Gasteiger charge is -2.28. The fourth-order valence-corrected chi connectivity index (χ4v) is 1.75. The molecule has 0 unspecified atom stereocenters. The van der Waals surface area contributed by atoms with Crippen LogP contribution in [0.3, 0.4) is 0 Å². The average Bonchev–Trinajstić information content (AvgIpc) is 2.21. The molecule has 0 amide bonds. The van der Waals surface area contributed by atoms with Gasteiger partial charge in [0, 0.05) is 33.9 Å². The number of aliphatic imine (C=N–C) groups is 1. The van der Waals surface area contributed by atoms with Gasteiger partial charge in [0.1, 0.15) is 0 Å². The maximum absolute atomic E-state index is 5.34. The second kappa shape index (κ2) is 5.82. The van der Waals surface area contributed by atoms with E-state index in [1.54, 1.807) is 7.05 Å². The van der Waals surface area contributed by atoms with E-state index >= 15 is 0 Å². The number of ether oxygens (including phenoxy) is 1. The normalized spacial score (nSPS) is 19.5. The molecule has 1 fully saturated rings. The Balaban J connectivity index is 2.34. The molecule has 0 aromatic heterocycles. The van der Waals surface area contributed by atoms with Crippen molar-refractivity contribution >= 4 is 5.96 Å². The zero-order valence-corrected chi connectivity index (χ0v) is 8.99. The van der Waals surface area contributed by atoms with Gasteiger partial charge in [0.05, 0.1) is 0 Å². The number of guanidine groups is 1. The molecule has 5 nitrogen and oxygen atoms in total. The SMILES string of the molecule is CN=C(NN)N(C)CC1CCOCC1. The van der Waals surface area contributed by atoms with Crippen LogP contribution in [-0.4, -0.2) is 44.7 Å². The summed E-state index contributed by atoms with van der Waals surface area (Å²) in [4.78, 5) is 6.10. The predicted octanol–water partition coefficient (Wildman–Crippen LogP) is -0.206. The van der Waals surface area contributed by atoms with E-state index in [1.807, 2.05) is 7.05 Å². The summed E-state index contributed by atoms with van der Waals surface area (Å²) in [5.41, 5.74) is 2.59. The molecule has 82 valence electrons. The van der Waals surface area contributed by atoms with Gasteiger partial charge < -0.3 is 9.64 Å². The smallest absolute Gasteiger partial charge is 0.207 e. The van der Waals surface area contributed by atoms with Crippen molar-refractivity contribution in [2.24, 2.45) is 16.8 Å². The monoisotopic (exact) mass is 200 g/mol. The van der Waals surface area contributed by atoms with Crippen molar-refractivity contribution in [1.29, 1.82) is 0 Å². The van der Waals surface area contributed by atoms with Gasteiger partial charge in [0.2, 0.25) is 5.96 Å². The molecule has 0 aromatic rings. The van der Waals surface area contributed by atoms with Crippen LogP contribution in [0.4, 0.5) is 0 Å². The summed E-state index contributed by atoms with van der Waals surface area (Å²) in [6, 6.07) is 0. The van der Waals surface area contributed by atoms with Gasteiger partial charge in [-0.15, -0.1) is 0 Å². The van der Waals surface area contributed by atoms with E-state index in [0.29, 0.717) is 5.92 Å². The largest absolute Gasteiger partial charge is 0.381 e. The highest BCUT2D eigenvalue weighted by atomic mass is 16.5. The van der Waals surface area contributed by atoms with Crippen molar-refractivity contribution in [3.63, 3.8) is 0 Å². The summed E-state index contributed by atoms with van der Waals surface area (Å²) in [5, 5.41) is 0. The maximum atomic E-state index is 5.34. The van der Waals surface area contributed by atoms with Gasteiger partial charge in [0.25, 0.3) is 0 Å². The lowest BCUT2D eigenvalue weighted by atomic mass is 10.00. The lowest BCUT2D eigenvalue weighted by molar-refractivity contribution is 0.0610. The van der Waals surface area contributed by atoms with Crippen molar-refractivity contribution in [3.05, 3.63) is 0 Å². The molecule has 5 heteroatoms. The van der Waals surface area contributed by atoms with Gasteiger partial charge in [-0.1, -0.05) is 0 Å². The number of hydrogen-bond acceptors (Lipinski definition) is 3. The minimum absolute atomic E-state index is 0.693. The molecule has 3 N–H and O–H groups in total. The van der Waals surface area contributed by atoms with Gasteiger partial charge in [-0.25, -0.2) is 5.84 Å². The number of nitrogens with one attached hydrogen (secondary N) is 1. The molecule has 0 aliphatic carbocycles. The lowest BCUT2D eigenvalue weighted by Crippen LogP contribution is -2.45. The second-order valence-electron chi connectivity index (χ2n) is 3.63. The third-order valence-corrected chi connectivity index (χ3v) is 2.58. The van der Waals surface area contributed by atoms with E-state index < -0.39 is 0 Å². The topological polar surface area (TPSA) is 62.9 Å². The van der Waals surface area contributed by atoms with Crippen LogP contribution in [-0.2, 0) is 4.74 Å². The molecule has 0 spiro atoms. The summed E-state index contributed by atoms with van der Waals surface area (Å²) in [6.45, 7) is 2.75. The number of nitrogens with two attached hydrogens (primary N) is 1. The van der Waals surface area contributed by atoms with Crippen molar-refractivity contribution in [3.8, 4) is 0 Å². The molecule has 14 heavy (non-hydrogen) atoms. The maximum Gasteiger partial charge on any atom is 0.207 e. The van der Waals surface area contributed by atoms with E-state index in [2.05, 4.69) is 15.3 Å². The van der Waals surface area contributed by atoms with E-state index in [4.69, 9.17) is 10.6 Å². The zero-order valence-electron chi connectivity index (χ0n) is 8.99. The molecule has 0 bridgehead atoms. The summed E-state index contributed by atoms with van der Waals surface area (Å²) in [7, 11) is 3.73. The van der Waals surface area contributed by atoms with Crippen LogP contribution >= 0.6 is 0 Å². The summed E-state index contributed by atoms with van der Waals surface area (Å²) >= 11 is 0. The number of nitrogens with zero attached hydrogens (tertiary/aromatic N) is 2. The van der Waals surface area contributed by atoms with E-state index in [1.165, 1.54) is 0 Å². The van der Waals surface area contributed by atoms with E-state index in [0.717, 1.165) is 38.6 Å². The Bertz CT molecular complexity index is 189. The summed E-state index contributed by atoms with van der Waals surface area (Å²) in [5.74, 6) is 6.77. The van der Waals surface area contributed by atoms with Gasteiger partial charge in [-0.05, 0) is 18.8 Å². The molecule has 0 radical (unpaired) electrons. The summed E-state index contributed by atoms with van der Waals surface area (Å²) in [6.07, 6.45) is 2.26. The molecule has 0 aromatic carbocycles. The highest BCUT2D eigenvalue weighted by Crippen LogP contribution is 2.15. The second-order valence-corrected chi connectivity index (χ2v) is 3.63. The third-order valence-electron chi connectivity index (χ3n) is 2.58. The first-order valence-corrected chi connectivity index (χ1v) is 5.00. The molecular weight excluding hydrogens is 180 g/mol. The van der Waals surface area contributed by atoms with Crippen molar-refractivity contribution in [2.45, 2.75) is 12.8 Å². The first-order valence-electron chi connectivity index (χ1n) is 5.00. The molecule has 0 atom stereocenters. The molecule has 1 rings (SSSR count). The highest BCUT2D eigenvalue weighted by Gasteiger charge is 2.16. The van der Waals surface area contributed by atoms with Gasteiger partial charge >= 0.3 is 0 Å². The Hall–Kier alpha value is -0.810. The highest BCUT2D eigenvalue weighted by molar-refractivity contribution is 5.78. The molecule has 1 heterocycles. The van der Waals surface area contributed by atoms with Crippen LogP contribution in [0, 0.1) is 5.92 Å². The predicted molar refractivity (Wildman–Crippen MR) is 56.9 cm³/mol. The quantitative estimate of drug-likeness (QED) is 0.280. The van der Waals surface area contributed by atoms with Crippen LogP contribution in [0.25, 0.3) is 0 Å². The van der Waals surface area contributed by atoms with Gasteiger partial charge in [0.15, 0.2) is 0 Å². The molecule has 1 aliphatic rings. The van der Waals surface area contributed by atoms with Crippen molar-refractivity contribution in [1.82, 2.24) is 10.3 Å². The van der Waals surface area contributed by atoms with Crippen LogP contribution in [0.2, 0.25) is 0 Å². The van der Waals surface area contributed by atoms with Crippen LogP contribution in [0.15, 0.2) is 4.99 Å². The third kappa shape index (κ3) is 3.16. The molecule has 1 saturated heterocycles. The minimum Gasteiger partial charge on any atom is -0.381 e. The molecular formula is C9H20N4O.